The van der Waals surface area contributed by atoms with Crippen LogP contribution in [0.3, 0.4) is 0 Å². The molecule has 0 radical (unpaired) electrons. The summed E-state index contributed by atoms with van der Waals surface area (Å²) in [4.78, 5) is 0. The van der Waals surface area contributed by atoms with Crippen LogP contribution in [-0.2, 0) is 0 Å². The first-order valence-corrected chi connectivity index (χ1v) is 4.37. The van der Waals surface area contributed by atoms with Gasteiger partial charge < -0.3 is 5.32 Å². The van der Waals surface area contributed by atoms with Gasteiger partial charge in [0, 0.05) is 6.04 Å². The van der Waals surface area contributed by atoms with Crippen LogP contribution < -0.4 is 5.32 Å². The standard InChI is InChI=1S/C10H17N/c1-3-6-9(2)10-7-4-5-8-11-10/h3,6,10-11H,1,4-5,7-8H2,2H3/b9-6-. The number of allylic oxidation sites excluding steroid dienone is 2. The molecule has 1 heteroatoms. The average Bonchev–Trinajstić information content (AvgIpc) is 2.07. The number of rotatable bonds is 2. The Morgan fingerprint density at radius 1 is 1.55 bits per heavy atom. The average molecular weight is 151 g/mol. The SMILES string of the molecule is C=C/C=C(/C)C1CCCCN1. The van der Waals surface area contributed by atoms with Crippen LogP contribution in [0.25, 0.3) is 0 Å². The molecule has 0 aromatic rings. The van der Waals surface area contributed by atoms with E-state index in [1.807, 2.05) is 6.08 Å². The van der Waals surface area contributed by atoms with E-state index < -0.39 is 0 Å². The van der Waals surface area contributed by atoms with E-state index in [1.165, 1.54) is 31.4 Å². The first-order chi connectivity index (χ1) is 5.34. The van der Waals surface area contributed by atoms with Crippen LogP contribution in [0, 0.1) is 0 Å². The Hall–Kier alpha value is -0.560. The lowest BCUT2D eigenvalue weighted by Crippen LogP contribution is -2.34. The van der Waals surface area contributed by atoms with Gasteiger partial charge in [-0.25, -0.2) is 0 Å². The quantitative estimate of drug-likeness (QED) is 0.597. The molecule has 1 aliphatic heterocycles. The summed E-state index contributed by atoms with van der Waals surface area (Å²) < 4.78 is 0. The van der Waals surface area contributed by atoms with E-state index in [1.54, 1.807) is 0 Å². The fraction of sp³-hybridized carbons (Fsp3) is 0.600. The molecule has 0 aromatic carbocycles. The Labute approximate surface area is 69.2 Å². The van der Waals surface area contributed by atoms with Crippen molar-refractivity contribution in [3.05, 3.63) is 24.3 Å². The van der Waals surface area contributed by atoms with Crippen molar-refractivity contribution >= 4 is 0 Å². The van der Waals surface area contributed by atoms with E-state index in [-0.39, 0.29) is 0 Å². The van der Waals surface area contributed by atoms with Crippen molar-refractivity contribution in [2.75, 3.05) is 6.54 Å². The first kappa shape index (κ1) is 8.54. The lowest BCUT2D eigenvalue weighted by molar-refractivity contribution is 0.440. The topological polar surface area (TPSA) is 12.0 Å². The Morgan fingerprint density at radius 3 is 2.91 bits per heavy atom. The molecule has 0 amide bonds. The first-order valence-electron chi connectivity index (χ1n) is 4.37. The van der Waals surface area contributed by atoms with Gasteiger partial charge in [0.1, 0.15) is 0 Å². The zero-order valence-corrected chi connectivity index (χ0v) is 7.27. The molecule has 0 aliphatic carbocycles. The number of hydrogen-bond donors (Lipinski definition) is 1. The van der Waals surface area contributed by atoms with Gasteiger partial charge in [0.25, 0.3) is 0 Å². The summed E-state index contributed by atoms with van der Waals surface area (Å²) in [5, 5.41) is 3.49. The molecule has 1 heterocycles. The maximum absolute atomic E-state index is 3.69. The Balaban J connectivity index is 2.44. The highest BCUT2D eigenvalue weighted by molar-refractivity contribution is 5.14. The van der Waals surface area contributed by atoms with Gasteiger partial charge in [-0.05, 0) is 26.3 Å². The molecule has 0 saturated carbocycles. The van der Waals surface area contributed by atoms with Crippen molar-refractivity contribution in [2.24, 2.45) is 0 Å². The monoisotopic (exact) mass is 151 g/mol. The van der Waals surface area contributed by atoms with Crippen LogP contribution in [0.4, 0.5) is 0 Å². The van der Waals surface area contributed by atoms with Gasteiger partial charge in [-0.15, -0.1) is 0 Å². The van der Waals surface area contributed by atoms with E-state index in [0.717, 1.165) is 0 Å². The Kier molecular flexibility index (Phi) is 3.37. The van der Waals surface area contributed by atoms with Crippen LogP contribution in [0.1, 0.15) is 26.2 Å². The molecule has 1 N–H and O–H groups in total. The van der Waals surface area contributed by atoms with Gasteiger partial charge in [-0.2, -0.15) is 0 Å². The van der Waals surface area contributed by atoms with Gasteiger partial charge >= 0.3 is 0 Å². The molecule has 0 bridgehead atoms. The van der Waals surface area contributed by atoms with Crippen molar-refractivity contribution in [1.82, 2.24) is 5.32 Å². The zero-order valence-electron chi connectivity index (χ0n) is 7.27. The smallest absolute Gasteiger partial charge is 0.0279 e. The lowest BCUT2D eigenvalue weighted by atomic mass is 9.98. The maximum Gasteiger partial charge on any atom is 0.0279 e. The van der Waals surface area contributed by atoms with Crippen molar-refractivity contribution in [1.29, 1.82) is 0 Å². The molecule has 1 fully saturated rings. The molecule has 1 atom stereocenters. The van der Waals surface area contributed by atoms with Gasteiger partial charge in [-0.1, -0.05) is 30.7 Å². The molecular formula is C10H17N. The van der Waals surface area contributed by atoms with E-state index in [9.17, 15) is 0 Å². The zero-order chi connectivity index (χ0) is 8.10. The number of hydrogen-bond acceptors (Lipinski definition) is 1. The number of nitrogens with one attached hydrogen (secondary N) is 1. The van der Waals surface area contributed by atoms with Crippen LogP contribution >= 0.6 is 0 Å². The lowest BCUT2D eigenvalue weighted by Gasteiger charge is -2.23. The van der Waals surface area contributed by atoms with Gasteiger partial charge in [0.05, 0.1) is 0 Å². The summed E-state index contributed by atoms with van der Waals surface area (Å²) >= 11 is 0. The summed E-state index contributed by atoms with van der Waals surface area (Å²) in [7, 11) is 0. The molecule has 1 nitrogen and oxygen atoms in total. The normalized spacial score (nSPS) is 26.6. The maximum atomic E-state index is 3.69. The minimum atomic E-state index is 0.613. The second-order valence-electron chi connectivity index (χ2n) is 3.15. The largest absolute Gasteiger partial charge is 0.310 e. The highest BCUT2D eigenvalue weighted by atomic mass is 14.9. The Bertz CT molecular complexity index is 152. The van der Waals surface area contributed by atoms with Crippen LogP contribution in [-0.4, -0.2) is 12.6 Å². The third-order valence-corrected chi connectivity index (χ3v) is 2.24. The van der Waals surface area contributed by atoms with Crippen LogP contribution in [0.2, 0.25) is 0 Å². The second-order valence-corrected chi connectivity index (χ2v) is 3.15. The van der Waals surface area contributed by atoms with E-state index in [4.69, 9.17) is 0 Å². The Morgan fingerprint density at radius 2 is 2.36 bits per heavy atom. The van der Waals surface area contributed by atoms with Gasteiger partial charge in [0.2, 0.25) is 0 Å². The second kappa shape index (κ2) is 4.35. The third kappa shape index (κ3) is 2.51. The molecular weight excluding hydrogens is 134 g/mol. The van der Waals surface area contributed by atoms with Gasteiger partial charge in [-0.3, -0.25) is 0 Å². The summed E-state index contributed by atoms with van der Waals surface area (Å²) in [5.74, 6) is 0. The fourth-order valence-corrected chi connectivity index (χ4v) is 1.54. The molecule has 11 heavy (non-hydrogen) atoms. The van der Waals surface area contributed by atoms with E-state index in [0.29, 0.717) is 6.04 Å². The summed E-state index contributed by atoms with van der Waals surface area (Å²) in [6.45, 7) is 7.04. The predicted octanol–water partition coefficient (Wildman–Crippen LogP) is 2.26. The molecule has 62 valence electrons. The molecule has 1 saturated heterocycles. The van der Waals surface area contributed by atoms with Crippen molar-refractivity contribution in [2.45, 2.75) is 32.2 Å². The highest BCUT2D eigenvalue weighted by Gasteiger charge is 2.12. The molecule has 1 unspecified atom stereocenters. The van der Waals surface area contributed by atoms with Crippen molar-refractivity contribution in [3.63, 3.8) is 0 Å². The summed E-state index contributed by atoms with van der Waals surface area (Å²) in [6, 6.07) is 0.613. The third-order valence-electron chi connectivity index (χ3n) is 2.24. The summed E-state index contributed by atoms with van der Waals surface area (Å²) in [6.07, 6.45) is 7.95. The van der Waals surface area contributed by atoms with Crippen molar-refractivity contribution in [3.8, 4) is 0 Å². The predicted molar refractivity (Wildman–Crippen MR) is 49.6 cm³/mol. The fourth-order valence-electron chi connectivity index (χ4n) is 1.54. The molecule has 0 spiro atoms. The van der Waals surface area contributed by atoms with Crippen LogP contribution in [0.5, 0.6) is 0 Å². The van der Waals surface area contributed by atoms with Gasteiger partial charge in [0.15, 0.2) is 0 Å². The summed E-state index contributed by atoms with van der Waals surface area (Å²) in [5.41, 5.74) is 1.42. The molecule has 1 aliphatic rings. The minimum Gasteiger partial charge on any atom is -0.310 e. The number of piperidine rings is 1. The van der Waals surface area contributed by atoms with Crippen molar-refractivity contribution < 1.29 is 0 Å². The highest BCUT2D eigenvalue weighted by Crippen LogP contribution is 2.13. The van der Waals surface area contributed by atoms with Crippen LogP contribution in [0.15, 0.2) is 24.3 Å². The van der Waals surface area contributed by atoms with E-state index in [2.05, 4.69) is 24.9 Å². The minimum absolute atomic E-state index is 0.613. The molecule has 1 rings (SSSR count). The molecule has 0 aromatic heterocycles. The van der Waals surface area contributed by atoms with E-state index >= 15 is 0 Å².